The third-order valence-electron chi connectivity index (χ3n) is 5.87. The predicted molar refractivity (Wildman–Crippen MR) is 143 cm³/mol. The van der Waals surface area contributed by atoms with Crippen LogP contribution in [0.25, 0.3) is 0 Å². The summed E-state index contributed by atoms with van der Waals surface area (Å²) in [6, 6.07) is 3.69. The van der Waals surface area contributed by atoms with Crippen molar-refractivity contribution in [1.82, 2.24) is 15.5 Å². The molecule has 1 aromatic rings. The van der Waals surface area contributed by atoms with Gasteiger partial charge in [-0.25, -0.2) is 4.79 Å². The van der Waals surface area contributed by atoms with E-state index in [9.17, 15) is 19.2 Å². The number of nitrogens with one attached hydrogen (secondary N) is 2. The zero-order valence-electron chi connectivity index (χ0n) is 23.9. The van der Waals surface area contributed by atoms with E-state index in [1.807, 2.05) is 52.8 Å². The molecule has 0 spiro atoms. The maximum Gasteiger partial charge on any atom is 0.408 e. The molecule has 1 aromatic carbocycles. The second kappa shape index (κ2) is 14.6. The van der Waals surface area contributed by atoms with Crippen LogP contribution in [0.4, 0.5) is 4.79 Å². The average Bonchev–Trinajstić information content (AvgIpc) is 2.79. The van der Waals surface area contributed by atoms with Gasteiger partial charge in [0.25, 0.3) is 0 Å². The van der Waals surface area contributed by atoms with Crippen molar-refractivity contribution >= 4 is 23.9 Å². The molecule has 1 rings (SSSR count). The molecule has 0 aliphatic rings. The van der Waals surface area contributed by atoms with Gasteiger partial charge in [-0.05, 0) is 70.1 Å². The van der Waals surface area contributed by atoms with Crippen molar-refractivity contribution in [1.29, 1.82) is 0 Å². The van der Waals surface area contributed by atoms with Crippen molar-refractivity contribution in [3.8, 4) is 0 Å². The lowest BCUT2D eigenvalue weighted by molar-refractivity contribution is -0.145. The van der Waals surface area contributed by atoms with Gasteiger partial charge in [-0.1, -0.05) is 45.4 Å². The van der Waals surface area contributed by atoms with Crippen LogP contribution in [0.3, 0.4) is 0 Å². The number of methoxy groups -OCH3 is 1. The predicted octanol–water partition coefficient (Wildman–Crippen LogP) is 4.20. The number of hydrogen-bond acceptors (Lipinski definition) is 6. The molecule has 0 heterocycles. The molecular weight excluding hydrogens is 474 g/mol. The standard InChI is InChI=1S/C28H45N3O6/c1-10-11-15-31(26(34)22(16-18(2)3)30-27(35)37-28(6,7)8)24(25(33)29-17-23(32)36-9)21-14-12-13-19(4)20(21)5/h12-14,18,22,24H,10-11,15-17H2,1-9H3,(H,29,33)(H,30,35). The number of nitrogens with zero attached hydrogens (tertiary/aromatic N) is 1. The lowest BCUT2D eigenvalue weighted by Gasteiger charge is -2.35. The van der Waals surface area contributed by atoms with Crippen LogP contribution in [0.2, 0.25) is 0 Å². The SMILES string of the molecule is CCCCN(C(=O)C(CC(C)C)NC(=O)OC(C)(C)C)C(C(=O)NCC(=O)OC)c1cccc(C)c1C. The fourth-order valence-electron chi connectivity index (χ4n) is 3.89. The zero-order chi connectivity index (χ0) is 28.3. The molecule has 2 N–H and O–H groups in total. The molecule has 0 radical (unpaired) electrons. The number of aryl methyl sites for hydroxylation is 1. The van der Waals surface area contributed by atoms with Gasteiger partial charge in [0.15, 0.2) is 0 Å². The Bertz CT molecular complexity index is 938. The van der Waals surface area contributed by atoms with Crippen LogP contribution in [0, 0.1) is 19.8 Å². The highest BCUT2D eigenvalue weighted by atomic mass is 16.6. The number of carbonyl (C=O) groups is 4. The Morgan fingerprint density at radius 2 is 1.73 bits per heavy atom. The van der Waals surface area contributed by atoms with Gasteiger partial charge in [0.1, 0.15) is 24.2 Å². The Hall–Kier alpha value is -3.10. The van der Waals surface area contributed by atoms with E-state index in [0.29, 0.717) is 24.9 Å². The fraction of sp³-hybridized carbons (Fsp3) is 0.643. The van der Waals surface area contributed by atoms with Crippen molar-refractivity contribution in [2.24, 2.45) is 5.92 Å². The highest BCUT2D eigenvalue weighted by molar-refractivity contribution is 5.93. The molecule has 0 saturated carbocycles. The summed E-state index contributed by atoms with van der Waals surface area (Å²) < 4.78 is 10.1. The Labute approximate surface area is 221 Å². The number of amides is 3. The summed E-state index contributed by atoms with van der Waals surface area (Å²) in [6.45, 7) is 15.0. The number of esters is 1. The number of unbranched alkanes of at least 4 members (excludes halogenated alkanes) is 1. The third-order valence-corrected chi connectivity index (χ3v) is 5.87. The Morgan fingerprint density at radius 3 is 2.27 bits per heavy atom. The van der Waals surface area contributed by atoms with Crippen molar-refractivity contribution in [3.05, 3.63) is 34.9 Å². The first kappa shape index (κ1) is 31.9. The molecule has 3 amide bonds. The lowest BCUT2D eigenvalue weighted by Crippen LogP contribution is -2.54. The summed E-state index contributed by atoms with van der Waals surface area (Å²) in [5.74, 6) is -1.38. The molecule has 2 unspecified atom stereocenters. The minimum atomic E-state index is -1.00. The second-order valence-electron chi connectivity index (χ2n) is 10.7. The third kappa shape index (κ3) is 10.4. The zero-order valence-corrected chi connectivity index (χ0v) is 23.9. The van der Waals surface area contributed by atoms with E-state index in [1.54, 1.807) is 20.8 Å². The number of carbonyl (C=O) groups excluding carboxylic acids is 4. The average molecular weight is 520 g/mol. The fourth-order valence-corrected chi connectivity index (χ4v) is 3.89. The molecule has 0 saturated heterocycles. The minimum absolute atomic E-state index is 0.0872. The number of alkyl carbamates (subject to hydrolysis) is 1. The molecule has 0 aliphatic carbocycles. The number of ether oxygens (including phenoxy) is 2. The van der Waals surface area contributed by atoms with Crippen molar-refractivity contribution in [3.63, 3.8) is 0 Å². The van der Waals surface area contributed by atoms with Gasteiger partial charge < -0.3 is 25.0 Å². The van der Waals surface area contributed by atoms with Crippen LogP contribution in [-0.2, 0) is 23.9 Å². The summed E-state index contributed by atoms with van der Waals surface area (Å²) in [6.07, 6.45) is 1.12. The summed E-state index contributed by atoms with van der Waals surface area (Å²) in [5, 5.41) is 5.36. The lowest BCUT2D eigenvalue weighted by atomic mass is 9.94. The minimum Gasteiger partial charge on any atom is -0.468 e. The van der Waals surface area contributed by atoms with Crippen LogP contribution in [-0.4, -0.2) is 60.6 Å². The van der Waals surface area contributed by atoms with Crippen molar-refractivity contribution < 1.29 is 28.7 Å². The van der Waals surface area contributed by atoms with E-state index in [-0.39, 0.29) is 18.4 Å². The normalized spacial score (nSPS) is 12.9. The van der Waals surface area contributed by atoms with E-state index < -0.39 is 35.7 Å². The highest BCUT2D eigenvalue weighted by Crippen LogP contribution is 2.28. The summed E-state index contributed by atoms with van der Waals surface area (Å²) in [4.78, 5) is 53.6. The van der Waals surface area contributed by atoms with E-state index >= 15 is 0 Å². The smallest absolute Gasteiger partial charge is 0.408 e. The topological polar surface area (TPSA) is 114 Å². The molecule has 0 aromatic heterocycles. The van der Waals surface area contributed by atoms with E-state index in [2.05, 4.69) is 15.4 Å². The summed E-state index contributed by atoms with van der Waals surface area (Å²) >= 11 is 0. The molecule has 0 aliphatic heterocycles. The molecule has 37 heavy (non-hydrogen) atoms. The summed E-state index contributed by atoms with van der Waals surface area (Å²) in [7, 11) is 1.24. The van der Waals surface area contributed by atoms with Gasteiger partial charge >= 0.3 is 12.1 Å². The Kier molecular flexibility index (Phi) is 12.6. The van der Waals surface area contributed by atoms with E-state index in [1.165, 1.54) is 12.0 Å². The molecule has 2 atom stereocenters. The van der Waals surface area contributed by atoms with Gasteiger partial charge in [0.2, 0.25) is 11.8 Å². The van der Waals surface area contributed by atoms with Crippen molar-refractivity contribution in [2.75, 3.05) is 20.2 Å². The first-order valence-electron chi connectivity index (χ1n) is 12.9. The van der Waals surface area contributed by atoms with E-state index in [4.69, 9.17) is 4.74 Å². The second-order valence-corrected chi connectivity index (χ2v) is 10.7. The van der Waals surface area contributed by atoms with Crippen LogP contribution in [0.5, 0.6) is 0 Å². The summed E-state index contributed by atoms with van der Waals surface area (Å²) in [5.41, 5.74) is 1.77. The maximum atomic E-state index is 14.1. The van der Waals surface area contributed by atoms with Crippen LogP contribution in [0.15, 0.2) is 18.2 Å². The maximum absolute atomic E-state index is 14.1. The first-order valence-corrected chi connectivity index (χ1v) is 12.9. The number of benzene rings is 1. The van der Waals surface area contributed by atoms with Gasteiger partial charge in [-0.2, -0.15) is 0 Å². The van der Waals surface area contributed by atoms with E-state index in [0.717, 1.165) is 17.5 Å². The van der Waals surface area contributed by atoms with Crippen molar-refractivity contribution in [2.45, 2.75) is 92.3 Å². The molecule has 9 heteroatoms. The first-order chi connectivity index (χ1) is 17.2. The van der Waals surface area contributed by atoms with Gasteiger partial charge in [-0.15, -0.1) is 0 Å². The Morgan fingerprint density at radius 1 is 1.08 bits per heavy atom. The van der Waals surface area contributed by atoms with Crippen LogP contribution >= 0.6 is 0 Å². The molecular formula is C28H45N3O6. The monoisotopic (exact) mass is 519 g/mol. The largest absolute Gasteiger partial charge is 0.468 e. The van der Waals surface area contributed by atoms with Gasteiger partial charge in [0.05, 0.1) is 7.11 Å². The number of rotatable bonds is 12. The highest BCUT2D eigenvalue weighted by Gasteiger charge is 2.37. The van der Waals surface area contributed by atoms with Crippen LogP contribution in [0.1, 0.15) is 83.5 Å². The molecule has 208 valence electrons. The van der Waals surface area contributed by atoms with Gasteiger partial charge in [0, 0.05) is 6.54 Å². The molecule has 9 nitrogen and oxygen atoms in total. The Balaban J connectivity index is 3.54. The molecule has 0 fully saturated rings. The quantitative estimate of drug-likeness (QED) is 0.400. The number of hydrogen-bond donors (Lipinski definition) is 2. The molecule has 0 bridgehead atoms. The van der Waals surface area contributed by atoms with Gasteiger partial charge in [-0.3, -0.25) is 14.4 Å². The van der Waals surface area contributed by atoms with Crippen LogP contribution < -0.4 is 10.6 Å².